The minimum absolute atomic E-state index is 0.319. The van der Waals surface area contributed by atoms with Crippen LogP contribution in [0.3, 0.4) is 0 Å². The third-order valence-corrected chi connectivity index (χ3v) is 2.96. The first-order valence-electron chi connectivity index (χ1n) is 6.09. The van der Waals surface area contributed by atoms with E-state index in [1.807, 2.05) is 24.5 Å². The van der Waals surface area contributed by atoms with Crippen molar-refractivity contribution in [3.63, 3.8) is 0 Å². The molecule has 0 aliphatic heterocycles. The lowest BCUT2D eigenvalue weighted by atomic mass is 10.1. The fourth-order valence-corrected chi connectivity index (χ4v) is 1.92. The first-order valence-corrected chi connectivity index (χ1v) is 6.09. The quantitative estimate of drug-likeness (QED) is 0.718. The zero-order chi connectivity index (χ0) is 11.8. The number of hydrogen-bond acceptors (Lipinski definition) is 3. The van der Waals surface area contributed by atoms with Crippen molar-refractivity contribution in [2.75, 3.05) is 20.1 Å². The van der Waals surface area contributed by atoms with Gasteiger partial charge in [0, 0.05) is 25.0 Å². The van der Waals surface area contributed by atoms with E-state index in [0.717, 1.165) is 6.54 Å². The largest absolute Gasteiger partial charge is 0.329 e. The normalized spacial score (nSPS) is 13.0. The topological polar surface area (TPSA) is 42.1 Å². The van der Waals surface area contributed by atoms with E-state index in [2.05, 4.69) is 23.9 Å². The molecule has 0 spiro atoms. The SMILES string of the molecule is CCCCCN(C)C(CN)c1ccncc1. The highest BCUT2D eigenvalue weighted by molar-refractivity contribution is 5.15. The van der Waals surface area contributed by atoms with Gasteiger partial charge in [-0.1, -0.05) is 19.8 Å². The molecule has 0 amide bonds. The van der Waals surface area contributed by atoms with E-state index in [0.29, 0.717) is 12.6 Å². The van der Waals surface area contributed by atoms with Crippen molar-refractivity contribution in [3.8, 4) is 0 Å². The summed E-state index contributed by atoms with van der Waals surface area (Å²) in [6.07, 6.45) is 7.46. The first kappa shape index (κ1) is 13.1. The standard InChI is InChI=1S/C13H23N3/c1-3-4-5-10-16(2)13(11-14)12-6-8-15-9-7-12/h6-9,13H,3-5,10-11,14H2,1-2H3. The molecule has 0 aliphatic rings. The number of unbranched alkanes of at least 4 members (excludes halogenated alkanes) is 2. The molecule has 1 aromatic heterocycles. The van der Waals surface area contributed by atoms with Crippen LogP contribution in [0.25, 0.3) is 0 Å². The maximum absolute atomic E-state index is 5.85. The van der Waals surface area contributed by atoms with Crippen molar-refractivity contribution in [1.29, 1.82) is 0 Å². The van der Waals surface area contributed by atoms with Crippen LogP contribution < -0.4 is 5.73 Å². The molecule has 3 nitrogen and oxygen atoms in total. The second kappa shape index (κ2) is 7.36. The van der Waals surface area contributed by atoms with Crippen molar-refractivity contribution < 1.29 is 0 Å². The Morgan fingerprint density at radius 1 is 1.31 bits per heavy atom. The lowest BCUT2D eigenvalue weighted by Crippen LogP contribution is -2.31. The van der Waals surface area contributed by atoms with Crippen LogP contribution in [0.1, 0.15) is 37.8 Å². The van der Waals surface area contributed by atoms with E-state index in [1.54, 1.807) is 0 Å². The third-order valence-electron chi connectivity index (χ3n) is 2.96. The van der Waals surface area contributed by atoms with Crippen LogP contribution in [-0.2, 0) is 0 Å². The van der Waals surface area contributed by atoms with E-state index < -0.39 is 0 Å². The van der Waals surface area contributed by atoms with Crippen LogP contribution in [-0.4, -0.2) is 30.0 Å². The van der Waals surface area contributed by atoms with E-state index in [4.69, 9.17) is 5.73 Å². The van der Waals surface area contributed by atoms with Gasteiger partial charge in [0.2, 0.25) is 0 Å². The zero-order valence-corrected chi connectivity index (χ0v) is 10.4. The Balaban J connectivity index is 2.53. The number of pyridine rings is 1. The van der Waals surface area contributed by atoms with E-state index >= 15 is 0 Å². The van der Waals surface area contributed by atoms with Crippen LogP contribution in [0, 0.1) is 0 Å². The summed E-state index contributed by atoms with van der Waals surface area (Å²) in [4.78, 5) is 6.38. The molecular formula is C13H23N3. The van der Waals surface area contributed by atoms with E-state index in [-0.39, 0.29) is 0 Å². The second-order valence-electron chi connectivity index (χ2n) is 4.22. The van der Waals surface area contributed by atoms with Gasteiger partial charge in [0.15, 0.2) is 0 Å². The van der Waals surface area contributed by atoms with Gasteiger partial charge in [-0.15, -0.1) is 0 Å². The van der Waals surface area contributed by atoms with Crippen LogP contribution in [0.15, 0.2) is 24.5 Å². The summed E-state index contributed by atoms with van der Waals surface area (Å²) in [5.74, 6) is 0. The molecule has 0 fully saturated rings. The Morgan fingerprint density at radius 2 is 2.00 bits per heavy atom. The van der Waals surface area contributed by atoms with Gasteiger partial charge in [-0.3, -0.25) is 9.88 Å². The Morgan fingerprint density at radius 3 is 2.56 bits per heavy atom. The van der Waals surface area contributed by atoms with Crippen molar-refractivity contribution in [3.05, 3.63) is 30.1 Å². The van der Waals surface area contributed by atoms with Gasteiger partial charge >= 0.3 is 0 Å². The molecule has 0 saturated heterocycles. The van der Waals surface area contributed by atoms with Crippen molar-refractivity contribution in [2.45, 2.75) is 32.2 Å². The van der Waals surface area contributed by atoms with Crippen molar-refractivity contribution in [1.82, 2.24) is 9.88 Å². The number of rotatable bonds is 7. The molecular weight excluding hydrogens is 198 g/mol. The summed E-state index contributed by atoms with van der Waals surface area (Å²) in [6.45, 7) is 3.99. The smallest absolute Gasteiger partial charge is 0.0468 e. The fraction of sp³-hybridized carbons (Fsp3) is 0.615. The maximum Gasteiger partial charge on any atom is 0.0468 e. The number of hydrogen-bond donors (Lipinski definition) is 1. The molecule has 1 heterocycles. The molecule has 1 atom stereocenters. The third kappa shape index (κ3) is 3.91. The molecule has 3 heteroatoms. The van der Waals surface area contributed by atoms with Gasteiger partial charge in [-0.2, -0.15) is 0 Å². The average molecular weight is 221 g/mol. The van der Waals surface area contributed by atoms with E-state index in [1.165, 1.54) is 24.8 Å². The van der Waals surface area contributed by atoms with Crippen LogP contribution in [0.2, 0.25) is 0 Å². The summed E-state index contributed by atoms with van der Waals surface area (Å²) in [7, 11) is 2.15. The van der Waals surface area contributed by atoms with E-state index in [9.17, 15) is 0 Å². The molecule has 2 N–H and O–H groups in total. The number of nitrogens with two attached hydrogens (primary N) is 1. The monoisotopic (exact) mass is 221 g/mol. The lowest BCUT2D eigenvalue weighted by Gasteiger charge is -2.27. The van der Waals surface area contributed by atoms with Crippen LogP contribution in [0.5, 0.6) is 0 Å². The Kier molecular flexibility index (Phi) is 6.04. The Labute approximate surface area is 98.7 Å². The predicted molar refractivity (Wildman–Crippen MR) is 68.2 cm³/mol. The number of likely N-dealkylation sites (N-methyl/N-ethyl adjacent to an activating group) is 1. The Bertz CT molecular complexity index is 274. The fourth-order valence-electron chi connectivity index (χ4n) is 1.92. The molecule has 0 saturated carbocycles. The zero-order valence-electron chi connectivity index (χ0n) is 10.4. The summed E-state index contributed by atoms with van der Waals surface area (Å²) in [6, 6.07) is 4.42. The van der Waals surface area contributed by atoms with Gasteiger partial charge in [0.25, 0.3) is 0 Å². The predicted octanol–water partition coefficient (Wildman–Crippen LogP) is 2.20. The molecule has 1 unspecified atom stereocenters. The minimum Gasteiger partial charge on any atom is -0.329 e. The molecule has 1 aromatic rings. The molecule has 0 aromatic carbocycles. The molecule has 16 heavy (non-hydrogen) atoms. The van der Waals surface area contributed by atoms with Crippen LogP contribution >= 0.6 is 0 Å². The highest BCUT2D eigenvalue weighted by Gasteiger charge is 2.14. The van der Waals surface area contributed by atoms with Gasteiger partial charge in [0.1, 0.15) is 0 Å². The molecule has 90 valence electrons. The summed E-state index contributed by atoms with van der Waals surface area (Å²) in [5.41, 5.74) is 7.11. The summed E-state index contributed by atoms with van der Waals surface area (Å²) in [5, 5.41) is 0. The minimum atomic E-state index is 0.319. The molecule has 0 radical (unpaired) electrons. The Hall–Kier alpha value is -0.930. The molecule has 0 aliphatic carbocycles. The van der Waals surface area contributed by atoms with Gasteiger partial charge in [-0.05, 0) is 37.7 Å². The van der Waals surface area contributed by atoms with Gasteiger partial charge in [0.05, 0.1) is 0 Å². The summed E-state index contributed by atoms with van der Waals surface area (Å²) < 4.78 is 0. The second-order valence-corrected chi connectivity index (χ2v) is 4.22. The average Bonchev–Trinajstić information content (AvgIpc) is 2.32. The number of nitrogens with zero attached hydrogens (tertiary/aromatic N) is 2. The molecule has 1 rings (SSSR count). The van der Waals surface area contributed by atoms with Crippen molar-refractivity contribution >= 4 is 0 Å². The highest BCUT2D eigenvalue weighted by atomic mass is 15.1. The lowest BCUT2D eigenvalue weighted by molar-refractivity contribution is 0.245. The van der Waals surface area contributed by atoms with Crippen LogP contribution in [0.4, 0.5) is 0 Å². The highest BCUT2D eigenvalue weighted by Crippen LogP contribution is 2.17. The van der Waals surface area contributed by atoms with Gasteiger partial charge in [-0.25, -0.2) is 0 Å². The molecule has 0 bridgehead atoms. The first-order chi connectivity index (χ1) is 7.79. The summed E-state index contributed by atoms with van der Waals surface area (Å²) >= 11 is 0. The van der Waals surface area contributed by atoms with Crippen molar-refractivity contribution in [2.24, 2.45) is 5.73 Å². The number of aromatic nitrogens is 1. The maximum atomic E-state index is 5.85. The van der Waals surface area contributed by atoms with Gasteiger partial charge < -0.3 is 5.73 Å².